The number of hydrogen-bond donors (Lipinski definition) is 2. The molecule has 3 heteroatoms. The number of nitrogens with one attached hydrogen (secondary N) is 1. The summed E-state index contributed by atoms with van der Waals surface area (Å²) in [5.74, 6) is -0.745. The Hall–Kier alpha value is -2.29. The average Bonchev–Trinajstić information content (AvgIpc) is 2.50. The molecule has 2 aromatic rings. The van der Waals surface area contributed by atoms with E-state index in [2.05, 4.69) is 61.6 Å². The van der Waals surface area contributed by atoms with Gasteiger partial charge < -0.3 is 10.4 Å². The Kier molecular flexibility index (Phi) is 7.02. The van der Waals surface area contributed by atoms with Crippen molar-refractivity contribution >= 4 is 11.7 Å². The maximum absolute atomic E-state index is 9.37. The molecule has 0 amide bonds. The van der Waals surface area contributed by atoms with E-state index in [4.69, 9.17) is 5.11 Å². The first-order valence-corrected chi connectivity index (χ1v) is 7.10. The Labute approximate surface area is 126 Å². The highest BCUT2D eigenvalue weighted by molar-refractivity contribution is 5.66. The molecule has 0 fully saturated rings. The second kappa shape index (κ2) is 8.80. The van der Waals surface area contributed by atoms with Crippen LogP contribution in [-0.2, 0) is 11.3 Å². The maximum Gasteiger partial charge on any atom is 0.303 e. The normalized spacial score (nSPS) is 9.48. The summed E-state index contributed by atoms with van der Waals surface area (Å²) in [6, 6.07) is 16.8. The first-order chi connectivity index (χ1) is 10.0. The third-order valence-electron chi connectivity index (χ3n) is 3.23. The largest absolute Gasteiger partial charge is 0.481 e. The molecule has 0 spiro atoms. The fourth-order valence-corrected chi connectivity index (χ4v) is 1.74. The van der Waals surface area contributed by atoms with Crippen LogP contribution in [0.25, 0.3) is 0 Å². The second-order valence-corrected chi connectivity index (χ2v) is 4.83. The topological polar surface area (TPSA) is 49.3 Å². The Morgan fingerprint density at radius 1 is 1.05 bits per heavy atom. The molecule has 2 N–H and O–H groups in total. The van der Waals surface area contributed by atoms with Crippen molar-refractivity contribution in [2.45, 2.75) is 33.7 Å². The molecule has 112 valence electrons. The molecule has 0 heterocycles. The molecule has 0 saturated carbocycles. The smallest absolute Gasteiger partial charge is 0.303 e. The lowest BCUT2D eigenvalue weighted by molar-refractivity contribution is -0.136. The van der Waals surface area contributed by atoms with Gasteiger partial charge in [0, 0.05) is 18.7 Å². The van der Waals surface area contributed by atoms with Gasteiger partial charge in [-0.25, -0.2) is 0 Å². The molecule has 0 aromatic heterocycles. The number of carbonyl (C=O) groups is 1. The lowest BCUT2D eigenvalue weighted by Gasteiger charge is -2.11. The van der Waals surface area contributed by atoms with Crippen LogP contribution < -0.4 is 5.32 Å². The summed E-state index contributed by atoms with van der Waals surface area (Å²) in [6.07, 6.45) is 0.222. The van der Waals surface area contributed by atoms with Crippen LogP contribution in [-0.4, -0.2) is 11.1 Å². The van der Waals surface area contributed by atoms with E-state index in [0.717, 1.165) is 6.54 Å². The van der Waals surface area contributed by atoms with Gasteiger partial charge in [-0.1, -0.05) is 49.4 Å². The molecular weight excluding hydrogens is 262 g/mol. The standard InChI is InChI=1S/C15H17N.C3H6O2/c1-12-7-6-10-15(13(12)2)16-11-14-8-4-3-5-9-14;1-2-3(4)5/h3-10,16H,11H2,1-2H3;2H2,1H3,(H,4,5). The van der Waals surface area contributed by atoms with Crippen molar-refractivity contribution in [2.24, 2.45) is 0 Å². The van der Waals surface area contributed by atoms with Gasteiger partial charge in [0.15, 0.2) is 0 Å². The number of anilines is 1. The first-order valence-electron chi connectivity index (χ1n) is 7.10. The monoisotopic (exact) mass is 285 g/mol. The van der Waals surface area contributed by atoms with Gasteiger partial charge in [0.25, 0.3) is 0 Å². The number of aliphatic carboxylic acids is 1. The predicted molar refractivity (Wildman–Crippen MR) is 87.6 cm³/mol. The van der Waals surface area contributed by atoms with E-state index < -0.39 is 5.97 Å². The van der Waals surface area contributed by atoms with Gasteiger partial charge >= 0.3 is 5.97 Å². The van der Waals surface area contributed by atoms with Crippen molar-refractivity contribution < 1.29 is 9.90 Å². The summed E-state index contributed by atoms with van der Waals surface area (Å²) in [5.41, 5.74) is 5.20. The molecule has 2 aromatic carbocycles. The SMILES string of the molecule is CCC(=O)O.Cc1cccc(NCc2ccccc2)c1C. The highest BCUT2D eigenvalue weighted by Gasteiger charge is 1.99. The molecule has 0 aliphatic heterocycles. The van der Waals surface area contributed by atoms with Crippen LogP contribution in [0.1, 0.15) is 30.0 Å². The lowest BCUT2D eigenvalue weighted by atomic mass is 10.1. The Morgan fingerprint density at radius 2 is 1.67 bits per heavy atom. The summed E-state index contributed by atoms with van der Waals surface area (Å²) in [6.45, 7) is 6.78. The average molecular weight is 285 g/mol. The minimum atomic E-state index is -0.745. The van der Waals surface area contributed by atoms with E-state index in [1.165, 1.54) is 22.4 Å². The molecule has 3 nitrogen and oxygen atoms in total. The highest BCUT2D eigenvalue weighted by Crippen LogP contribution is 2.18. The van der Waals surface area contributed by atoms with Gasteiger partial charge in [0.2, 0.25) is 0 Å². The lowest BCUT2D eigenvalue weighted by Crippen LogP contribution is -2.01. The number of hydrogen-bond acceptors (Lipinski definition) is 2. The molecule has 0 radical (unpaired) electrons. The van der Waals surface area contributed by atoms with Gasteiger partial charge in [-0.2, -0.15) is 0 Å². The third kappa shape index (κ3) is 6.13. The van der Waals surface area contributed by atoms with Crippen molar-refractivity contribution in [3.05, 3.63) is 65.2 Å². The van der Waals surface area contributed by atoms with Crippen LogP contribution in [0, 0.1) is 13.8 Å². The molecule has 0 atom stereocenters. The quantitative estimate of drug-likeness (QED) is 0.875. The van der Waals surface area contributed by atoms with Gasteiger partial charge in [-0.05, 0) is 36.6 Å². The van der Waals surface area contributed by atoms with Crippen molar-refractivity contribution in [3.8, 4) is 0 Å². The molecule has 0 aliphatic carbocycles. The zero-order chi connectivity index (χ0) is 15.7. The van der Waals surface area contributed by atoms with Gasteiger partial charge in [-0.3, -0.25) is 4.79 Å². The van der Waals surface area contributed by atoms with Gasteiger partial charge in [0.05, 0.1) is 0 Å². The van der Waals surface area contributed by atoms with E-state index in [1.807, 2.05) is 6.07 Å². The third-order valence-corrected chi connectivity index (χ3v) is 3.23. The van der Waals surface area contributed by atoms with Crippen LogP contribution in [0.2, 0.25) is 0 Å². The summed E-state index contributed by atoms with van der Waals surface area (Å²) in [7, 11) is 0. The Bertz CT molecular complexity index is 565. The van der Waals surface area contributed by atoms with Crippen LogP contribution in [0.4, 0.5) is 5.69 Å². The zero-order valence-electron chi connectivity index (χ0n) is 12.9. The van der Waals surface area contributed by atoms with Crippen LogP contribution >= 0.6 is 0 Å². The van der Waals surface area contributed by atoms with Crippen molar-refractivity contribution in [1.29, 1.82) is 0 Å². The molecule has 0 saturated heterocycles. The number of rotatable bonds is 4. The van der Waals surface area contributed by atoms with Crippen molar-refractivity contribution in [1.82, 2.24) is 0 Å². The fraction of sp³-hybridized carbons (Fsp3) is 0.278. The number of aryl methyl sites for hydroxylation is 1. The Morgan fingerprint density at radius 3 is 2.24 bits per heavy atom. The molecular formula is C18H23NO2. The minimum absolute atomic E-state index is 0.222. The summed E-state index contributed by atoms with van der Waals surface area (Å²) in [5, 5.41) is 11.2. The van der Waals surface area contributed by atoms with E-state index in [0.29, 0.717) is 0 Å². The molecule has 0 bridgehead atoms. The van der Waals surface area contributed by atoms with Crippen molar-refractivity contribution in [3.63, 3.8) is 0 Å². The summed E-state index contributed by atoms with van der Waals surface area (Å²) >= 11 is 0. The minimum Gasteiger partial charge on any atom is -0.481 e. The van der Waals surface area contributed by atoms with Crippen LogP contribution in [0.3, 0.4) is 0 Å². The maximum atomic E-state index is 9.37. The molecule has 0 unspecified atom stereocenters. The predicted octanol–water partition coefficient (Wildman–Crippen LogP) is 4.40. The van der Waals surface area contributed by atoms with E-state index in [-0.39, 0.29) is 6.42 Å². The zero-order valence-corrected chi connectivity index (χ0v) is 12.9. The summed E-state index contributed by atoms with van der Waals surface area (Å²) in [4.78, 5) is 9.37. The van der Waals surface area contributed by atoms with E-state index >= 15 is 0 Å². The first kappa shape index (κ1) is 16.8. The van der Waals surface area contributed by atoms with Gasteiger partial charge in [-0.15, -0.1) is 0 Å². The fourth-order valence-electron chi connectivity index (χ4n) is 1.74. The number of carboxylic acids is 1. The summed E-state index contributed by atoms with van der Waals surface area (Å²) < 4.78 is 0. The van der Waals surface area contributed by atoms with Crippen molar-refractivity contribution in [2.75, 3.05) is 5.32 Å². The van der Waals surface area contributed by atoms with Gasteiger partial charge in [0.1, 0.15) is 0 Å². The Balaban J connectivity index is 0.000000383. The molecule has 0 aliphatic rings. The molecule has 21 heavy (non-hydrogen) atoms. The highest BCUT2D eigenvalue weighted by atomic mass is 16.4. The molecule has 2 rings (SSSR count). The van der Waals surface area contributed by atoms with Crippen LogP contribution in [0.15, 0.2) is 48.5 Å². The van der Waals surface area contributed by atoms with Crippen LogP contribution in [0.5, 0.6) is 0 Å². The van der Waals surface area contributed by atoms with E-state index in [9.17, 15) is 4.79 Å². The second-order valence-electron chi connectivity index (χ2n) is 4.83. The van der Waals surface area contributed by atoms with E-state index in [1.54, 1.807) is 6.92 Å². The number of carboxylic acid groups (broad SMARTS) is 1. The number of benzene rings is 2.